The van der Waals surface area contributed by atoms with Crippen LogP contribution >= 0.6 is 0 Å². The number of hydrogen-bond donors (Lipinski definition) is 0. The third-order valence-electron chi connectivity index (χ3n) is 5.30. The maximum absolute atomic E-state index is 13.8. The fourth-order valence-corrected chi connectivity index (χ4v) is 3.73. The molecule has 2 aliphatic rings. The first kappa shape index (κ1) is 20.9. The molecule has 2 unspecified atom stereocenters. The summed E-state index contributed by atoms with van der Waals surface area (Å²) in [5.41, 5.74) is 0.277. The van der Waals surface area contributed by atoms with Gasteiger partial charge in [-0.2, -0.15) is 13.2 Å². The average Bonchev–Trinajstić information content (AvgIpc) is 2.95. The standard InChI is InChI=1S/C18H23F6N4/c1-11(7-12-8-14(20)15(21)9-13(12)19)3-4-27-5-6-28-16(10-27)26(2)25-17(28)18(22,23)24/h9,11,14H,3-8,10H2,1-2H3/q+1. The molecule has 0 radical (unpaired) electrons. The molecule has 1 aromatic rings. The first-order valence-corrected chi connectivity index (χ1v) is 9.20. The van der Waals surface area contributed by atoms with Crippen molar-refractivity contribution in [2.75, 3.05) is 13.1 Å². The van der Waals surface area contributed by atoms with Crippen molar-refractivity contribution in [1.29, 1.82) is 0 Å². The molecular formula is C18H23F6N4+. The SMILES string of the molecule is CC(CCN1CC[n+]2c(C(F)(F)F)nn(C)c2C1)CC1=C(F)C=C(F)C(F)C1. The second-order valence-corrected chi connectivity index (χ2v) is 7.54. The molecule has 1 aliphatic carbocycles. The zero-order chi connectivity index (χ0) is 20.6. The average molecular weight is 409 g/mol. The van der Waals surface area contributed by atoms with Gasteiger partial charge in [0, 0.05) is 19.0 Å². The van der Waals surface area contributed by atoms with E-state index in [0.717, 1.165) is 0 Å². The number of aromatic nitrogens is 3. The van der Waals surface area contributed by atoms with Gasteiger partial charge in [-0.3, -0.25) is 4.90 Å². The summed E-state index contributed by atoms with van der Waals surface area (Å²) in [4.78, 5) is 2.02. The number of halogens is 6. The van der Waals surface area contributed by atoms with Gasteiger partial charge >= 0.3 is 12.0 Å². The van der Waals surface area contributed by atoms with Gasteiger partial charge in [-0.1, -0.05) is 6.92 Å². The van der Waals surface area contributed by atoms with E-state index in [1.807, 2.05) is 11.8 Å². The molecule has 0 amide bonds. The topological polar surface area (TPSA) is 24.9 Å². The van der Waals surface area contributed by atoms with Gasteiger partial charge in [-0.25, -0.2) is 17.7 Å². The van der Waals surface area contributed by atoms with Crippen molar-refractivity contribution < 1.29 is 30.9 Å². The van der Waals surface area contributed by atoms with Crippen molar-refractivity contribution in [2.24, 2.45) is 13.0 Å². The van der Waals surface area contributed by atoms with Crippen LogP contribution in [0.3, 0.4) is 0 Å². The van der Waals surface area contributed by atoms with E-state index in [1.165, 1.54) is 16.3 Å². The molecule has 2 heterocycles. The molecule has 1 aliphatic heterocycles. The Kier molecular flexibility index (Phi) is 5.88. The van der Waals surface area contributed by atoms with Gasteiger partial charge < -0.3 is 0 Å². The minimum Gasteiger partial charge on any atom is -0.290 e. The molecule has 3 rings (SSSR count). The highest BCUT2D eigenvalue weighted by Crippen LogP contribution is 2.32. The quantitative estimate of drug-likeness (QED) is 0.546. The third-order valence-corrected chi connectivity index (χ3v) is 5.30. The minimum atomic E-state index is -4.49. The van der Waals surface area contributed by atoms with Crippen LogP contribution in [0.15, 0.2) is 23.3 Å². The number of nitrogens with zero attached hydrogens (tertiary/aromatic N) is 4. The van der Waals surface area contributed by atoms with Crippen LogP contribution in [0.25, 0.3) is 0 Å². The number of hydrogen-bond acceptors (Lipinski definition) is 2. The normalized spacial score (nSPS) is 22.3. The van der Waals surface area contributed by atoms with E-state index >= 15 is 0 Å². The Bertz CT molecular complexity index is 795. The minimum absolute atomic E-state index is 0.0360. The lowest BCUT2D eigenvalue weighted by Crippen LogP contribution is -2.53. The molecule has 4 nitrogen and oxygen atoms in total. The molecule has 0 fully saturated rings. The highest BCUT2D eigenvalue weighted by molar-refractivity contribution is 5.29. The van der Waals surface area contributed by atoms with Crippen molar-refractivity contribution in [3.63, 3.8) is 0 Å². The number of fused-ring (bicyclic) bond motifs is 1. The second-order valence-electron chi connectivity index (χ2n) is 7.54. The lowest BCUT2D eigenvalue weighted by molar-refractivity contribution is -0.729. The Morgan fingerprint density at radius 3 is 2.71 bits per heavy atom. The summed E-state index contributed by atoms with van der Waals surface area (Å²) in [6.45, 7) is 3.50. The van der Waals surface area contributed by atoms with Crippen molar-refractivity contribution in [3.05, 3.63) is 35.0 Å². The van der Waals surface area contributed by atoms with Crippen LogP contribution in [0, 0.1) is 5.92 Å². The van der Waals surface area contributed by atoms with Gasteiger partial charge in [0.2, 0.25) is 5.82 Å². The Hall–Kier alpha value is -1.84. The molecule has 156 valence electrons. The fraction of sp³-hybridized carbons (Fsp3) is 0.667. The van der Waals surface area contributed by atoms with Crippen LogP contribution in [-0.2, 0) is 26.3 Å². The Morgan fingerprint density at radius 2 is 2.04 bits per heavy atom. The van der Waals surface area contributed by atoms with Crippen molar-refractivity contribution >= 4 is 0 Å². The molecule has 10 heteroatoms. The van der Waals surface area contributed by atoms with Crippen LogP contribution < -0.4 is 4.57 Å². The monoisotopic (exact) mass is 409 g/mol. The summed E-state index contributed by atoms with van der Waals surface area (Å²) in [6.07, 6.45) is -4.94. The molecule has 0 N–H and O–H groups in total. The Balaban J connectivity index is 1.57. The van der Waals surface area contributed by atoms with E-state index < -0.39 is 29.8 Å². The summed E-state index contributed by atoms with van der Waals surface area (Å²) in [6, 6.07) is 0. The van der Waals surface area contributed by atoms with E-state index in [2.05, 4.69) is 5.10 Å². The predicted molar refractivity (Wildman–Crippen MR) is 88.9 cm³/mol. The zero-order valence-electron chi connectivity index (χ0n) is 15.7. The maximum atomic E-state index is 13.8. The summed E-state index contributed by atoms with van der Waals surface area (Å²) in [5, 5.41) is 3.60. The smallest absolute Gasteiger partial charge is 0.290 e. The van der Waals surface area contributed by atoms with Crippen LogP contribution in [0.4, 0.5) is 26.3 Å². The van der Waals surface area contributed by atoms with Gasteiger partial charge in [0.15, 0.2) is 6.17 Å². The number of allylic oxidation sites excluding steroid dienone is 4. The van der Waals surface area contributed by atoms with Crippen molar-refractivity contribution in [3.8, 4) is 0 Å². The summed E-state index contributed by atoms with van der Waals surface area (Å²) >= 11 is 0. The molecule has 0 bridgehead atoms. The Morgan fingerprint density at radius 1 is 1.32 bits per heavy atom. The van der Waals surface area contributed by atoms with Crippen LogP contribution in [0.5, 0.6) is 0 Å². The number of aryl methyl sites for hydroxylation is 1. The highest BCUT2D eigenvalue weighted by atomic mass is 19.4. The lowest BCUT2D eigenvalue weighted by atomic mass is 9.91. The van der Waals surface area contributed by atoms with Gasteiger partial charge in [-0.05, 0) is 30.9 Å². The van der Waals surface area contributed by atoms with Gasteiger partial charge in [-0.15, -0.1) is 4.68 Å². The maximum Gasteiger partial charge on any atom is 0.485 e. The molecule has 0 saturated heterocycles. The molecular weight excluding hydrogens is 386 g/mol. The first-order valence-electron chi connectivity index (χ1n) is 9.20. The number of alkyl halides is 4. The van der Waals surface area contributed by atoms with E-state index in [-0.39, 0.29) is 24.5 Å². The first-order chi connectivity index (χ1) is 13.1. The molecule has 0 saturated carbocycles. The predicted octanol–water partition coefficient (Wildman–Crippen LogP) is 3.78. The molecule has 1 aromatic heterocycles. The largest absolute Gasteiger partial charge is 0.485 e. The van der Waals surface area contributed by atoms with Crippen LogP contribution in [0.1, 0.15) is 37.8 Å². The van der Waals surface area contributed by atoms with Gasteiger partial charge in [0.25, 0.3) is 0 Å². The fourth-order valence-electron chi connectivity index (χ4n) is 3.73. The molecule has 2 atom stereocenters. The van der Waals surface area contributed by atoms with Crippen LogP contribution in [0.2, 0.25) is 0 Å². The molecule has 0 aromatic carbocycles. The van der Waals surface area contributed by atoms with E-state index in [4.69, 9.17) is 0 Å². The lowest BCUT2D eigenvalue weighted by Gasteiger charge is -2.27. The number of rotatable bonds is 5. The van der Waals surface area contributed by atoms with E-state index in [1.54, 1.807) is 0 Å². The van der Waals surface area contributed by atoms with Crippen LogP contribution in [-0.4, -0.2) is 33.9 Å². The van der Waals surface area contributed by atoms with Crippen molar-refractivity contribution in [2.45, 2.75) is 51.6 Å². The summed E-state index contributed by atoms with van der Waals surface area (Å²) in [7, 11) is 1.49. The van der Waals surface area contributed by atoms with E-state index in [0.29, 0.717) is 44.4 Å². The van der Waals surface area contributed by atoms with Crippen molar-refractivity contribution in [1.82, 2.24) is 14.7 Å². The highest BCUT2D eigenvalue weighted by Gasteiger charge is 2.47. The second kappa shape index (κ2) is 7.88. The molecule has 0 spiro atoms. The van der Waals surface area contributed by atoms with Gasteiger partial charge in [0.05, 0.1) is 25.2 Å². The summed E-state index contributed by atoms with van der Waals surface area (Å²) in [5.74, 6) is -2.16. The summed E-state index contributed by atoms with van der Waals surface area (Å²) < 4.78 is 81.9. The zero-order valence-corrected chi connectivity index (χ0v) is 15.7. The molecule has 28 heavy (non-hydrogen) atoms. The Labute approximate surface area is 159 Å². The van der Waals surface area contributed by atoms with E-state index in [9.17, 15) is 26.3 Å². The van der Waals surface area contributed by atoms with Gasteiger partial charge in [0.1, 0.15) is 11.7 Å². The third kappa shape index (κ3) is 4.42.